The van der Waals surface area contributed by atoms with Crippen molar-refractivity contribution in [2.75, 3.05) is 0 Å². The summed E-state index contributed by atoms with van der Waals surface area (Å²) in [5, 5.41) is 4.11. The number of halogens is 2. The summed E-state index contributed by atoms with van der Waals surface area (Å²) in [7, 11) is 0. The molecule has 1 N–H and O–H groups in total. The number of benzene rings is 2. The SMILES string of the molecule is Cc1ccc(-c2cc(CNC3CC3)ccc2F)cc1Cl. The summed E-state index contributed by atoms with van der Waals surface area (Å²) in [5.74, 6) is -0.208. The molecule has 2 aromatic rings. The van der Waals surface area contributed by atoms with Crippen LogP contribution in [-0.4, -0.2) is 6.04 Å². The molecule has 0 atom stereocenters. The minimum atomic E-state index is -0.208. The van der Waals surface area contributed by atoms with E-state index in [1.165, 1.54) is 18.9 Å². The van der Waals surface area contributed by atoms with Crippen LogP contribution in [0.1, 0.15) is 24.0 Å². The molecule has 104 valence electrons. The summed E-state index contributed by atoms with van der Waals surface area (Å²) in [4.78, 5) is 0. The molecule has 0 aromatic heterocycles. The predicted octanol–water partition coefficient (Wildman–Crippen LogP) is 4.71. The van der Waals surface area contributed by atoms with Gasteiger partial charge in [-0.2, -0.15) is 0 Å². The Morgan fingerprint density at radius 2 is 2.00 bits per heavy atom. The van der Waals surface area contributed by atoms with Crippen molar-refractivity contribution in [3.63, 3.8) is 0 Å². The molecule has 0 spiro atoms. The highest BCUT2D eigenvalue weighted by Crippen LogP contribution is 2.28. The molecule has 1 aliphatic carbocycles. The minimum Gasteiger partial charge on any atom is -0.310 e. The fourth-order valence-electron chi connectivity index (χ4n) is 2.21. The van der Waals surface area contributed by atoms with E-state index in [1.807, 2.05) is 37.3 Å². The lowest BCUT2D eigenvalue weighted by atomic mass is 10.0. The molecule has 0 aliphatic heterocycles. The molecule has 1 saturated carbocycles. The molecule has 1 nitrogen and oxygen atoms in total. The highest BCUT2D eigenvalue weighted by molar-refractivity contribution is 6.31. The Bertz CT molecular complexity index is 635. The third kappa shape index (κ3) is 3.02. The summed E-state index contributed by atoms with van der Waals surface area (Å²) in [5.41, 5.74) is 3.54. The molecule has 0 saturated heterocycles. The average molecular weight is 290 g/mol. The van der Waals surface area contributed by atoms with Crippen molar-refractivity contribution >= 4 is 11.6 Å². The van der Waals surface area contributed by atoms with Gasteiger partial charge in [0.15, 0.2) is 0 Å². The fraction of sp³-hybridized carbons (Fsp3) is 0.294. The number of aryl methyl sites for hydroxylation is 1. The quantitative estimate of drug-likeness (QED) is 0.860. The van der Waals surface area contributed by atoms with Gasteiger partial charge in [0.05, 0.1) is 0 Å². The van der Waals surface area contributed by atoms with Crippen LogP contribution in [0.5, 0.6) is 0 Å². The van der Waals surface area contributed by atoms with Crippen LogP contribution in [0, 0.1) is 12.7 Å². The normalized spacial score (nSPS) is 14.6. The summed E-state index contributed by atoms with van der Waals surface area (Å²) < 4.78 is 14.0. The smallest absolute Gasteiger partial charge is 0.131 e. The third-order valence-electron chi connectivity index (χ3n) is 3.69. The largest absolute Gasteiger partial charge is 0.310 e. The molecule has 20 heavy (non-hydrogen) atoms. The van der Waals surface area contributed by atoms with Crippen LogP contribution in [0.4, 0.5) is 4.39 Å². The van der Waals surface area contributed by atoms with E-state index in [0.717, 1.165) is 23.2 Å². The van der Waals surface area contributed by atoms with Gasteiger partial charge in [0.2, 0.25) is 0 Å². The molecule has 1 fully saturated rings. The second-order valence-electron chi connectivity index (χ2n) is 5.43. The molecule has 0 bridgehead atoms. The van der Waals surface area contributed by atoms with E-state index in [4.69, 9.17) is 11.6 Å². The Morgan fingerprint density at radius 1 is 1.20 bits per heavy atom. The maximum atomic E-state index is 14.0. The Hall–Kier alpha value is -1.38. The summed E-state index contributed by atoms with van der Waals surface area (Å²) in [6.45, 7) is 2.73. The molecule has 2 aromatic carbocycles. The van der Waals surface area contributed by atoms with E-state index in [-0.39, 0.29) is 5.82 Å². The Balaban J connectivity index is 1.89. The van der Waals surface area contributed by atoms with Crippen molar-refractivity contribution in [2.24, 2.45) is 0 Å². The van der Waals surface area contributed by atoms with Gasteiger partial charge in [-0.05, 0) is 54.7 Å². The van der Waals surface area contributed by atoms with Crippen LogP contribution < -0.4 is 5.32 Å². The van der Waals surface area contributed by atoms with Crippen molar-refractivity contribution in [1.29, 1.82) is 0 Å². The van der Waals surface area contributed by atoms with Gasteiger partial charge >= 0.3 is 0 Å². The van der Waals surface area contributed by atoms with E-state index in [9.17, 15) is 4.39 Å². The number of hydrogen-bond donors (Lipinski definition) is 1. The minimum absolute atomic E-state index is 0.208. The van der Waals surface area contributed by atoms with Gasteiger partial charge in [-0.1, -0.05) is 29.8 Å². The second-order valence-corrected chi connectivity index (χ2v) is 5.84. The molecule has 0 amide bonds. The maximum Gasteiger partial charge on any atom is 0.131 e. The van der Waals surface area contributed by atoms with Crippen LogP contribution in [0.2, 0.25) is 5.02 Å². The lowest BCUT2D eigenvalue weighted by Crippen LogP contribution is -2.15. The van der Waals surface area contributed by atoms with Crippen molar-refractivity contribution < 1.29 is 4.39 Å². The molecule has 0 radical (unpaired) electrons. The first-order chi connectivity index (χ1) is 9.63. The van der Waals surface area contributed by atoms with Crippen LogP contribution >= 0.6 is 11.6 Å². The van der Waals surface area contributed by atoms with E-state index in [0.29, 0.717) is 16.6 Å². The third-order valence-corrected chi connectivity index (χ3v) is 4.09. The van der Waals surface area contributed by atoms with Gasteiger partial charge in [0.1, 0.15) is 5.82 Å². The zero-order chi connectivity index (χ0) is 14.1. The Labute approximate surface area is 123 Å². The first-order valence-electron chi connectivity index (χ1n) is 6.92. The van der Waals surface area contributed by atoms with Gasteiger partial charge in [-0.25, -0.2) is 4.39 Å². The number of nitrogens with one attached hydrogen (secondary N) is 1. The van der Waals surface area contributed by atoms with E-state index < -0.39 is 0 Å². The molecular weight excluding hydrogens is 273 g/mol. The Kier molecular flexibility index (Phi) is 3.77. The lowest BCUT2D eigenvalue weighted by Gasteiger charge is -2.09. The lowest BCUT2D eigenvalue weighted by molar-refractivity contribution is 0.628. The van der Waals surface area contributed by atoms with Crippen molar-refractivity contribution in [3.8, 4) is 11.1 Å². The van der Waals surface area contributed by atoms with Gasteiger partial charge < -0.3 is 5.32 Å². The topological polar surface area (TPSA) is 12.0 Å². The highest BCUT2D eigenvalue weighted by atomic mass is 35.5. The van der Waals surface area contributed by atoms with Gasteiger partial charge in [0.25, 0.3) is 0 Å². The first kappa shape index (κ1) is 13.6. The van der Waals surface area contributed by atoms with E-state index in [2.05, 4.69) is 5.32 Å². The maximum absolute atomic E-state index is 14.0. The average Bonchev–Trinajstić information content (AvgIpc) is 3.25. The van der Waals surface area contributed by atoms with Crippen molar-refractivity contribution in [3.05, 3.63) is 58.4 Å². The zero-order valence-corrected chi connectivity index (χ0v) is 12.2. The van der Waals surface area contributed by atoms with Gasteiger partial charge in [-0.3, -0.25) is 0 Å². The monoisotopic (exact) mass is 289 g/mol. The number of hydrogen-bond acceptors (Lipinski definition) is 1. The van der Waals surface area contributed by atoms with Crippen LogP contribution in [0.25, 0.3) is 11.1 Å². The van der Waals surface area contributed by atoms with Gasteiger partial charge in [-0.15, -0.1) is 0 Å². The molecule has 0 unspecified atom stereocenters. The summed E-state index contributed by atoms with van der Waals surface area (Å²) in [6, 6.07) is 11.6. The number of rotatable bonds is 4. The molecular formula is C17H17ClFN. The zero-order valence-electron chi connectivity index (χ0n) is 11.4. The molecule has 1 aliphatic rings. The second kappa shape index (κ2) is 5.55. The van der Waals surface area contributed by atoms with Crippen LogP contribution in [0.15, 0.2) is 36.4 Å². The molecule has 3 rings (SSSR count). The van der Waals surface area contributed by atoms with Gasteiger partial charge in [0, 0.05) is 23.2 Å². The van der Waals surface area contributed by atoms with E-state index in [1.54, 1.807) is 0 Å². The Morgan fingerprint density at radius 3 is 2.70 bits per heavy atom. The van der Waals surface area contributed by atoms with Crippen molar-refractivity contribution in [2.45, 2.75) is 32.4 Å². The summed E-state index contributed by atoms with van der Waals surface area (Å²) >= 11 is 6.13. The van der Waals surface area contributed by atoms with E-state index >= 15 is 0 Å². The van der Waals surface area contributed by atoms with Crippen LogP contribution in [0.3, 0.4) is 0 Å². The molecule has 3 heteroatoms. The van der Waals surface area contributed by atoms with Crippen molar-refractivity contribution in [1.82, 2.24) is 5.32 Å². The van der Waals surface area contributed by atoms with Crippen LogP contribution in [-0.2, 0) is 6.54 Å². The summed E-state index contributed by atoms with van der Waals surface area (Å²) in [6.07, 6.45) is 2.50. The standard InChI is InChI=1S/C17H17ClFN/c1-11-2-4-13(9-16(11)18)15-8-12(3-7-17(15)19)10-20-14-5-6-14/h2-4,7-9,14,20H,5-6,10H2,1H3. The first-order valence-corrected chi connectivity index (χ1v) is 7.29. The fourth-order valence-corrected chi connectivity index (χ4v) is 2.39. The predicted molar refractivity (Wildman–Crippen MR) is 81.4 cm³/mol. The molecule has 0 heterocycles. The highest BCUT2D eigenvalue weighted by Gasteiger charge is 2.20.